The molecule has 0 atom stereocenters. The zero-order valence-electron chi connectivity index (χ0n) is 15.2. The van der Waals surface area contributed by atoms with Crippen molar-refractivity contribution < 1.29 is 24.4 Å². The standard InChI is InChI=1S/C19H20N2O6/c1-19(2,3)27-18(24)20(12-13-7-5-4-6-8-13)16-10-9-14(21(25)26)11-15(16)17(22)23/h4-11H,12H2,1-3H3,(H,22,23). The number of amides is 1. The van der Waals surface area contributed by atoms with Crippen LogP contribution < -0.4 is 4.90 Å². The van der Waals surface area contributed by atoms with E-state index in [0.29, 0.717) is 0 Å². The lowest BCUT2D eigenvalue weighted by atomic mass is 10.1. The number of nitro benzene ring substituents is 1. The van der Waals surface area contributed by atoms with Crippen LogP contribution in [0.2, 0.25) is 0 Å². The van der Waals surface area contributed by atoms with Crippen LogP contribution in [0.15, 0.2) is 48.5 Å². The fourth-order valence-electron chi connectivity index (χ4n) is 2.38. The Balaban J connectivity index is 2.53. The molecule has 8 heteroatoms. The molecule has 0 bridgehead atoms. The molecule has 0 spiro atoms. The topological polar surface area (TPSA) is 110 Å². The van der Waals surface area contributed by atoms with Gasteiger partial charge in [0.25, 0.3) is 5.69 Å². The van der Waals surface area contributed by atoms with Crippen LogP contribution in [0.1, 0.15) is 36.7 Å². The highest BCUT2D eigenvalue weighted by Crippen LogP contribution is 2.28. The number of benzene rings is 2. The highest BCUT2D eigenvalue weighted by molar-refractivity contribution is 6.00. The highest BCUT2D eigenvalue weighted by atomic mass is 16.6. The normalized spacial score (nSPS) is 10.9. The fraction of sp³-hybridized carbons (Fsp3) is 0.263. The van der Waals surface area contributed by atoms with Gasteiger partial charge in [-0.3, -0.25) is 15.0 Å². The van der Waals surface area contributed by atoms with Gasteiger partial charge in [-0.15, -0.1) is 0 Å². The van der Waals surface area contributed by atoms with E-state index in [2.05, 4.69) is 0 Å². The Morgan fingerprint density at radius 3 is 2.30 bits per heavy atom. The molecule has 142 valence electrons. The molecule has 0 saturated heterocycles. The maximum absolute atomic E-state index is 12.7. The van der Waals surface area contributed by atoms with Gasteiger partial charge in [-0.05, 0) is 32.4 Å². The van der Waals surface area contributed by atoms with E-state index in [1.165, 1.54) is 6.07 Å². The van der Waals surface area contributed by atoms with E-state index in [0.717, 1.165) is 22.6 Å². The molecule has 0 unspecified atom stereocenters. The van der Waals surface area contributed by atoms with E-state index < -0.39 is 22.6 Å². The summed E-state index contributed by atoms with van der Waals surface area (Å²) in [7, 11) is 0. The van der Waals surface area contributed by atoms with Crippen molar-refractivity contribution in [2.75, 3.05) is 4.90 Å². The van der Waals surface area contributed by atoms with Gasteiger partial charge in [0.15, 0.2) is 0 Å². The largest absolute Gasteiger partial charge is 0.478 e. The minimum absolute atomic E-state index is 0.0196. The molecule has 8 nitrogen and oxygen atoms in total. The number of carbonyl (C=O) groups excluding carboxylic acids is 1. The molecule has 0 aliphatic heterocycles. The molecular formula is C19H20N2O6. The van der Waals surface area contributed by atoms with Gasteiger partial charge >= 0.3 is 12.1 Å². The van der Waals surface area contributed by atoms with Crippen LogP contribution >= 0.6 is 0 Å². The summed E-state index contributed by atoms with van der Waals surface area (Å²) in [6.45, 7) is 5.13. The van der Waals surface area contributed by atoms with Crippen molar-refractivity contribution in [1.29, 1.82) is 0 Å². The number of nitro groups is 1. The molecule has 0 radical (unpaired) electrons. The van der Waals surface area contributed by atoms with Crippen LogP contribution in [0.25, 0.3) is 0 Å². The number of carboxylic acid groups (broad SMARTS) is 1. The van der Waals surface area contributed by atoms with Gasteiger partial charge < -0.3 is 9.84 Å². The summed E-state index contributed by atoms with van der Waals surface area (Å²) in [5, 5.41) is 20.5. The van der Waals surface area contributed by atoms with Crippen LogP contribution in [0, 0.1) is 10.1 Å². The van der Waals surface area contributed by atoms with Crippen molar-refractivity contribution >= 4 is 23.4 Å². The van der Waals surface area contributed by atoms with Gasteiger partial charge in [-0.25, -0.2) is 9.59 Å². The average Bonchev–Trinajstić information content (AvgIpc) is 2.58. The maximum Gasteiger partial charge on any atom is 0.415 e. The Morgan fingerprint density at radius 1 is 1.15 bits per heavy atom. The number of aromatic carboxylic acids is 1. The number of hydrogen-bond acceptors (Lipinski definition) is 5. The maximum atomic E-state index is 12.7. The first-order valence-electron chi connectivity index (χ1n) is 8.14. The van der Waals surface area contributed by atoms with Gasteiger partial charge in [0.05, 0.1) is 22.7 Å². The molecule has 0 aromatic heterocycles. The Hall–Kier alpha value is -3.42. The lowest BCUT2D eigenvalue weighted by Crippen LogP contribution is -2.37. The number of carbonyl (C=O) groups is 2. The first-order valence-corrected chi connectivity index (χ1v) is 8.14. The molecule has 2 aromatic carbocycles. The summed E-state index contributed by atoms with van der Waals surface area (Å²) in [6, 6.07) is 12.3. The number of ether oxygens (including phenoxy) is 1. The Labute approximate surface area is 156 Å². The molecule has 0 fully saturated rings. The number of hydrogen-bond donors (Lipinski definition) is 1. The van der Waals surface area contributed by atoms with Crippen LogP contribution in [0.3, 0.4) is 0 Å². The summed E-state index contributed by atoms with van der Waals surface area (Å²) in [6.07, 6.45) is -0.747. The summed E-state index contributed by atoms with van der Waals surface area (Å²) in [4.78, 5) is 35.8. The van der Waals surface area contributed by atoms with Crippen LogP contribution in [0.5, 0.6) is 0 Å². The fourth-order valence-corrected chi connectivity index (χ4v) is 2.38. The Bertz CT molecular complexity index is 858. The van der Waals surface area contributed by atoms with Crippen LogP contribution in [-0.4, -0.2) is 27.7 Å². The zero-order chi connectivity index (χ0) is 20.2. The van der Waals surface area contributed by atoms with E-state index >= 15 is 0 Å². The molecule has 0 aliphatic rings. The van der Waals surface area contributed by atoms with Crippen molar-refractivity contribution in [2.45, 2.75) is 32.9 Å². The van der Waals surface area contributed by atoms with Crippen molar-refractivity contribution in [3.63, 3.8) is 0 Å². The number of rotatable bonds is 5. The number of nitrogens with zero attached hydrogens (tertiary/aromatic N) is 2. The summed E-state index contributed by atoms with van der Waals surface area (Å²) >= 11 is 0. The second kappa shape index (κ2) is 7.86. The van der Waals surface area contributed by atoms with Crippen molar-refractivity contribution in [1.82, 2.24) is 0 Å². The third-order valence-corrected chi connectivity index (χ3v) is 3.51. The predicted octanol–water partition coefficient (Wildman–Crippen LogP) is 4.23. The van der Waals surface area contributed by atoms with E-state index in [-0.39, 0.29) is 23.5 Å². The predicted molar refractivity (Wildman–Crippen MR) is 98.9 cm³/mol. The highest BCUT2D eigenvalue weighted by Gasteiger charge is 2.28. The zero-order valence-corrected chi connectivity index (χ0v) is 15.2. The van der Waals surface area contributed by atoms with E-state index in [1.54, 1.807) is 45.0 Å². The lowest BCUT2D eigenvalue weighted by molar-refractivity contribution is -0.384. The summed E-state index contributed by atoms with van der Waals surface area (Å²) in [5.41, 5.74) is -0.758. The summed E-state index contributed by atoms with van der Waals surface area (Å²) in [5.74, 6) is -1.38. The van der Waals surface area contributed by atoms with E-state index in [4.69, 9.17) is 4.74 Å². The van der Waals surface area contributed by atoms with Gasteiger partial charge in [0.2, 0.25) is 0 Å². The SMILES string of the molecule is CC(C)(C)OC(=O)N(Cc1ccccc1)c1ccc([N+](=O)[O-])cc1C(=O)O. The monoisotopic (exact) mass is 372 g/mol. The first-order chi connectivity index (χ1) is 12.6. The van der Waals surface area contributed by atoms with Gasteiger partial charge in [0, 0.05) is 12.1 Å². The Morgan fingerprint density at radius 2 is 1.78 bits per heavy atom. The average molecular weight is 372 g/mol. The molecule has 1 N–H and O–H groups in total. The number of non-ortho nitro benzene ring substituents is 1. The van der Waals surface area contributed by atoms with Crippen LogP contribution in [-0.2, 0) is 11.3 Å². The van der Waals surface area contributed by atoms with E-state index in [9.17, 15) is 24.8 Å². The Kier molecular flexibility index (Phi) is 5.79. The third kappa shape index (κ3) is 5.27. The summed E-state index contributed by atoms with van der Waals surface area (Å²) < 4.78 is 5.40. The molecule has 27 heavy (non-hydrogen) atoms. The molecular weight excluding hydrogens is 352 g/mol. The number of carboxylic acids is 1. The quantitative estimate of drug-likeness (QED) is 0.621. The van der Waals surface area contributed by atoms with Crippen molar-refractivity contribution in [3.8, 4) is 0 Å². The number of anilines is 1. The molecule has 0 heterocycles. The van der Waals surface area contributed by atoms with Crippen molar-refractivity contribution in [2.24, 2.45) is 0 Å². The smallest absolute Gasteiger partial charge is 0.415 e. The second-order valence-electron chi connectivity index (χ2n) is 6.82. The van der Waals surface area contributed by atoms with Gasteiger partial charge in [-0.1, -0.05) is 30.3 Å². The molecule has 2 rings (SSSR count). The molecule has 0 aliphatic carbocycles. The second-order valence-corrected chi connectivity index (χ2v) is 6.82. The third-order valence-electron chi connectivity index (χ3n) is 3.51. The lowest BCUT2D eigenvalue weighted by Gasteiger charge is -2.28. The molecule has 0 saturated carbocycles. The first kappa shape index (κ1) is 19.9. The molecule has 1 amide bonds. The minimum Gasteiger partial charge on any atom is -0.478 e. The minimum atomic E-state index is -1.38. The van der Waals surface area contributed by atoms with Gasteiger partial charge in [-0.2, -0.15) is 0 Å². The van der Waals surface area contributed by atoms with E-state index in [1.807, 2.05) is 6.07 Å². The molecule has 2 aromatic rings. The van der Waals surface area contributed by atoms with Crippen molar-refractivity contribution in [3.05, 3.63) is 69.8 Å². The van der Waals surface area contributed by atoms with Gasteiger partial charge in [0.1, 0.15) is 5.60 Å². The van der Waals surface area contributed by atoms with Crippen LogP contribution in [0.4, 0.5) is 16.2 Å².